The summed E-state index contributed by atoms with van der Waals surface area (Å²) >= 11 is 0.948. The zero-order chi connectivity index (χ0) is 19.3. The van der Waals surface area contributed by atoms with Crippen molar-refractivity contribution in [3.8, 4) is 0 Å². The molecule has 140 valence electrons. The molecule has 4 nitrogen and oxygen atoms in total. The summed E-state index contributed by atoms with van der Waals surface area (Å²) in [5.41, 5.74) is 5.10. The topological polar surface area (TPSA) is 69.2 Å². The van der Waals surface area contributed by atoms with E-state index in [0.717, 1.165) is 11.8 Å². The third kappa shape index (κ3) is 5.40. The first-order valence-electron chi connectivity index (χ1n) is 7.13. The SMILES string of the molecule is CSC(=C[N+](=O)[O-])C(N)(CCCC(F)(F)C(F)(F)F)c1ccccc1. The highest BCUT2D eigenvalue weighted by atomic mass is 32.2. The fourth-order valence-corrected chi connectivity index (χ4v) is 3.10. The fraction of sp³-hybridized carbons (Fsp3) is 0.467. The van der Waals surface area contributed by atoms with E-state index < -0.39 is 35.4 Å². The Balaban J connectivity index is 3.11. The Morgan fingerprint density at radius 2 is 1.76 bits per heavy atom. The number of nitro groups is 1. The first-order valence-corrected chi connectivity index (χ1v) is 8.35. The van der Waals surface area contributed by atoms with Gasteiger partial charge in [-0.1, -0.05) is 30.3 Å². The predicted octanol–water partition coefficient (Wildman–Crippen LogP) is 4.69. The highest BCUT2D eigenvalue weighted by molar-refractivity contribution is 8.02. The molecule has 0 aliphatic heterocycles. The van der Waals surface area contributed by atoms with Crippen molar-refractivity contribution in [2.24, 2.45) is 5.73 Å². The van der Waals surface area contributed by atoms with Crippen LogP contribution in [0.1, 0.15) is 24.8 Å². The van der Waals surface area contributed by atoms with E-state index in [9.17, 15) is 32.1 Å². The Hall–Kier alpha value is -1.68. The smallest absolute Gasteiger partial charge is 0.317 e. The number of thioether (sulfide) groups is 1. The number of hydrogen-bond donors (Lipinski definition) is 1. The number of rotatable bonds is 8. The van der Waals surface area contributed by atoms with Crippen LogP contribution in [0.5, 0.6) is 0 Å². The van der Waals surface area contributed by atoms with E-state index in [4.69, 9.17) is 5.73 Å². The average Bonchev–Trinajstić information content (AvgIpc) is 2.51. The van der Waals surface area contributed by atoms with Crippen LogP contribution in [0, 0.1) is 10.1 Å². The molecule has 25 heavy (non-hydrogen) atoms. The quantitative estimate of drug-likeness (QED) is 0.401. The van der Waals surface area contributed by atoms with E-state index >= 15 is 0 Å². The zero-order valence-electron chi connectivity index (χ0n) is 13.2. The van der Waals surface area contributed by atoms with E-state index in [1.165, 1.54) is 6.26 Å². The van der Waals surface area contributed by atoms with Gasteiger partial charge in [0.05, 0.1) is 15.4 Å². The van der Waals surface area contributed by atoms with Crippen molar-refractivity contribution in [1.82, 2.24) is 0 Å². The number of nitrogens with two attached hydrogens (primary N) is 1. The molecule has 0 aliphatic carbocycles. The lowest BCUT2D eigenvalue weighted by Crippen LogP contribution is -2.40. The molecule has 0 spiro atoms. The van der Waals surface area contributed by atoms with Crippen LogP contribution in [0.25, 0.3) is 0 Å². The molecule has 0 fully saturated rings. The van der Waals surface area contributed by atoms with Gasteiger partial charge < -0.3 is 5.73 Å². The molecule has 0 heterocycles. The highest BCUT2D eigenvalue weighted by Crippen LogP contribution is 2.42. The summed E-state index contributed by atoms with van der Waals surface area (Å²) in [4.78, 5) is 10.1. The van der Waals surface area contributed by atoms with Crippen LogP contribution in [-0.2, 0) is 5.54 Å². The molecule has 10 heteroatoms. The van der Waals surface area contributed by atoms with Crippen molar-refractivity contribution < 1.29 is 26.9 Å². The minimum Gasteiger partial charge on any atom is -0.317 e. The predicted molar refractivity (Wildman–Crippen MR) is 85.8 cm³/mol. The van der Waals surface area contributed by atoms with Crippen molar-refractivity contribution in [3.05, 3.63) is 57.1 Å². The maximum absolute atomic E-state index is 13.1. The molecule has 1 atom stereocenters. The standard InChI is InChI=1S/C15H17F5N2O2S/c1-25-12(10-22(23)24)13(21,11-6-3-2-4-7-11)8-5-9-14(16,17)15(18,19)20/h2-4,6-7,10H,5,8-9,21H2,1H3. The number of benzene rings is 1. The summed E-state index contributed by atoms with van der Waals surface area (Å²) in [7, 11) is 0. The minimum absolute atomic E-state index is 0.0685. The average molecular weight is 384 g/mol. The number of alkyl halides is 5. The molecule has 1 rings (SSSR count). The largest absolute Gasteiger partial charge is 0.453 e. The summed E-state index contributed by atoms with van der Waals surface area (Å²) in [6.45, 7) is 0. The Labute approximate surface area is 145 Å². The lowest BCUT2D eigenvalue weighted by atomic mass is 9.85. The molecular weight excluding hydrogens is 367 g/mol. The summed E-state index contributed by atoms with van der Waals surface area (Å²) in [6.07, 6.45) is -5.78. The van der Waals surface area contributed by atoms with Crippen molar-refractivity contribution in [3.63, 3.8) is 0 Å². The van der Waals surface area contributed by atoms with Crippen molar-refractivity contribution in [1.29, 1.82) is 0 Å². The van der Waals surface area contributed by atoms with Gasteiger partial charge in [-0.2, -0.15) is 22.0 Å². The summed E-state index contributed by atoms with van der Waals surface area (Å²) in [6, 6.07) is 7.96. The van der Waals surface area contributed by atoms with E-state index in [-0.39, 0.29) is 11.3 Å². The van der Waals surface area contributed by atoms with Gasteiger partial charge in [0, 0.05) is 6.42 Å². The number of hydrogen-bond acceptors (Lipinski definition) is 4. The summed E-state index contributed by atoms with van der Waals surface area (Å²) in [5.74, 6) is -4.84. The van der Waals surface area contributed by atoms with Gasteiger partial charge in [-0.15, -0.1) is 11.8 Å². The van der Waals surface area contributed by atoms with Crippen molar-refractivity contribution >= 4 is 11.8 Å². The maximum Gasteiger partial charge on any atom is 0.453 e. The second-order valence-electron chi connectivity index (χ2n) is 5.38. The number of nitrogens with zero attached hydrogens (tertiary/aromatic N) is 1. The normalized spacial score (nSPS) is 15.7. The monoisotopic (exact) mass is 384 g/mol. The molecule has 0 aliphatic rings. The van der Waals surface area contributed by atoms with Crippen LogP contribution in [-0.4, -0.2) is 23.3 Å². The molecule has 0 radical (unpaired) electrons. The van der Waals surface area contributed by atoms with Crippen LogP contribution in [0.3, 0.4) is 0 Å². The molecule has 0 bridgehead atoms. The Morgan fingerprint density at radius 1 is 1.20 bits per heavy atom. The van der Waals surface area contributed by atoms with E-state index in [0.29, 0.717) is 11.8 Å². The summed E-state index contributed by atoms with van der Waals surface area (Å²) < 4.78 is 63.1. The maximum atomic E-state index is 13.1. The van der Waals surface area contributed by atoms with Gasteiger partial charge in [-0.25, -0.2) is 0 Å². The minimum atomic E-state index is -5.64. The lowest BCUT2D eigenvalue weighted by molar-refractivity contribution is -0.403. The van der Waals surface area contributed by atoms with Crippen LogP contribution in [0.15, 0.2) is 41.4 Å². The molecule has 2 N–H and O–H groups in total. The van der Waals surface area contributed by atoms with E-state index in [2.05, 4.69) is 0 Å². The zero-order valence-corrected chi connectivity index (χ0v) is 14.0. The highest BCUT2D eigenvalue weighted by Gasteiger charge is 2.56. The Bertz CT molecular complexity index is 622. The molecule has 0 aromatic heterocycles. The van der Waals surface area contributed by atoms with Crippen LogP contribution < -0.4 is 5.73 Å². The first-order chi connectivity index (χ1) is 11.4. The van der Waals surface area contributed by atoms with Crippen molar-refractivity contribution in [2.45, 2.75) is 36.9 Å². The number of halogens is 5. The summed E-state index contributed by atoms with van der Waals surface area (Å²) in [5, 5.41) is 10.8. The molecule has 1 aromatic carbocycles. The van der Waals surface area contributed by atoms with Gasteiger partial charge >= 0.3 is 12.1 Å². The van der Waals surface area contributed by atoms with Gasteiger partial charge in [-0.3, -0.25) is 10.1 Å². The first kappa shape index (κ1) is 21.4. The van der Waals surface area contributed by atoms with Gasteiger partial charge in [0.1, 0.15) is 0 Å². The Kier molecular flexibility index (Phi) is 6.95. The van der Waals surface area contributed by atoms with Crippen LogP contribution in [0.4, 0.5) is 22.0 Å². The van der Waals surface area contributed by atoms with Crippen LogP contribution >= 0.6 is 11.8 Å². The molecule has 0 saturated carbocycles. The van der Waals surface area contributed by atoms with Gasteiger partial charge in [0.25, 0.3) is 0 Å². The molecule has 1 aromatic rings. The molecule has 1 unspecified atom stereocenters. The fourth-order valence-electron chi connectivity index (χ4n) is 2.32. The van der Waals surface area contributed by atoms with Crippen molar-refractivity contribution in [2.75, 3.05) is 6.26 Å². The van der Waals surface area contributed by atoms with E-state index in [1.807, 2.05) is 0 Å². The van der Waals surface area contributed by atoms with Gasteiger partial charge in [0.15, 0.2) is 0 Å². The molecule has 0 saturated heterocycles. The van der Waals surface area contributed by atoms with Crippen LogP contribution in [0.2, 0.25) is 0 Å². The molecular formula is C15H17F5N2O2S. The Morgan fingerprint density at radius 3 is 2.20 bits per heavy atom. The van der Waals surface area contributed by atoms with E-state index in [1.54, 1.807) is 30.3 Å². The third-order valence-electron chi connectivity index (χ3n) is 3.65. The van der Waals surface area contributed by atoms with Gasteiger partial charge in [0.2, 0.25) is 6.20 Å². The lowest BCUT2D eigenvalue weighted by Gasteiger charge is -2.31. The second kappa shape index (κ2) is 8.13. The molecule has 0 amide bonds. The third-order valence-corrected chi connectivity index (χ3v) is 4.56. The second-order valence-corrected chi connectivity index (χ2v) is 6.22. The van der Waals surface area contributed by atoms with Gasteiger partial charge in [-0.05, 0) is 24.7 Å².